The molecule has 1 aromatic rings. The van der Waals surface area contributed by atoms with Gasteiger partial charge in [-0.25, -0.2) is 18.6 Å². The molecule has 0 amide bonds. The highest BCUT2D eigenvalue weighted by Gasteiger charge is 2.42. The van der Waals surface area contributed by atoms with E-state index in [-0.39, 0.29) is 5.69 Å². The van der Waals surface area contributed by atoms with Gasteiger partial charge in [0.15, 0.2) is 12.3 Å². The molecule has 0 radical (unpaired) electrons. The summed E-state index contributed by atoms with van der Waals surface area (Å²) in [6.45, 7) is -1.72. The van der Waals surface area contributed by atoms with Gasteiger partial charge in [-0.1, -0.05) is 6.07 Å². The number of carbonyl (C=O) groups is 1. The monoisotopic (exact) mass is 253 g/mol. The SMILES string of the molecule is O=C(OOCC(F)(F)C(F)F)c1ccccn1. The van der Waals surface area contributed by atoms with Gasteiger partial charge in [0, 0.05) is 6.20 Å². The molecule has 0 saturated carbocycles. The van der Waals surface area contributed by atoms with Gasteiger partial charge < -0.3 is 0 Å². The second-order valence-electron chi connectivity index (χ2n) is 2.91. The fourth-order valence-corrected chi connectivity index (χ4v) is 0.751. The average molecular weight is 253 g/mol. The van der Waals surface area contributed by atoms with Crippen molar-refractivity contribution in [3.8, 4) is 0 Å². The Morgan fingerprint density at radius 3 is 2.65 bits per heavy atom. The quantitative estimate of drug-likeness (QED) is 0.458. The van der Waals surface area contributed by atoms with E-state index in [0.717, 1.165) is 0 Å². The molecular formula is C9H7F4NO3. The summed E-state index contributed by atoms with van der Waals surface area (Å²) in [6.07, 6.45) is -2.62. The molecule has 0 unspecified atom stereocenters. The minimum Gasteiger partial charge on any atom is -0.291 e. The van der Waals surface area contributed by atoms with Gasteiger partial charge in [-0.2, -0.15) is 13.7 Å². The molecule has 1 rings (SSSR count). The Morgan fingerprint density at radius 2 is 2.12 bits per heavy atom. The molecule has 0 bridgehead atoms. The fraction of sp³-hybridized carbons (Fsp3) is 0.333. The first-order chi connectivity index (χ1) is 7.93. The molecule has 0 atom stereocenters. The number of halogens is 4. The van der Waals surface area contributed by atoms with Crippen LogP contribution in [0.4, 0.5) is 17.6 Å². The van der Waals surface area contributed by atoms with Crippen LogP contribution in [0.2, 0.25) is 0 Å². The predicted molar refractivity (Wildman–Crippen MR) is 46.6 cm³/mol. The summed E-state index contributed by atoms with van der Waals surface area (Å²) in [5, 5.41) is 0. The summed E-state index contributed by atoms with van der Waals surface area (Å²) in [7, 11) is 0. The van der Waals surface area contributed by atoms with Gasteiger partial charge in [0.2, 0.25) is 0 Å². The summed E-state index contributed by atoms with van der Waals surface area (Å²) < 4.78 is 48.0. The zero-order chi connectivity index (χ0) is 12.9. The first-order valence-corrected chi connectivity index (χ1v) is 4.34. The van der Waals surface area contributed by atoms with Crippen molar-refractivity contribution < 1.29 is 32.1 Å². The van der Waals surface area contributed by atoms with E-state index in [4.69, 9.17) is 0 Å². The molecule has 0 fully saturated rings. The van der Waals surface area contributed by atoms with Crippen LogP contribution in [0.25, 0.3) is 0 Å². The van der Waals surface area contributed by atoms with Gasteiger partial charge in [-0.15, -0.1) is 0 Å². The molecule has 0 aromatic carbocycles. The molecule has 0 aliphatic rings. The highest BCUT2D eigenvalue weighted by Crippen LogP contribution is 2.22. The van der Waals surface area contributed by atoms with E-state index in [1.165, 1.54) is 24.4 Å². The first-order valence-electron chi connectivity index (χ1n) is 4.34. The predicted octanol–water partition coefficient (Wildman–Crippen LogP) is 2.07. The van der Waals surface area contributed by atoms with Crippen molar-refractivity contribution in [2.75, 3.05) is 6.61 Å². The molecule has 1 heterocycles. The Bertz CT molecular complexity index is 372. The summed E-state index contributed by atoms with van der Waals surface area (Å²) in [4.78, 5) is 22.3. The number of carbonyl (C=O) groups excluding carboxylic acids is 1. The van der Waals surface area contributed by atoms with Crippen molar-refractivity contribution in [2.24, 2.45) is 0 Å². The highest BCUT2D eigenvalue weighted by molar-refractivity contribution is 5.86. The fourth-order valence-electron chi connectivity index (χ4n) is 0.751. The van der Waals surface area contributed by atoms with Crippen LogP contribution in [-0.2, 0) is 9.78 Å². The van der Waals surface area contributed by atoms with Crippen LogP contribution in [0.3, 0.4) is 0 Å². The van der Waals surface area contributed by atoms with E-state index in [0.29, 0.717) is 0 Å². The lowest BCUT2D eigenvalue weighted by Gasteiger charge is -2.13. The average Bonchev–Trinajstić information content (AvgIpc) is 2.29. The third kappa shape index (κ3) is 3.99. The van der Waals surface area contributed by atoms with E-state index in [1.807, 2.05) is 0 Å². The second-order valence-corrected chi connectivity index (χ2v) is 2.91. The normalized spacial score (nSPS) is 11.6. The number of nitrogens with zero attached hydrogens (tertiary/aromatic N) is 1. The zero-order valence-electron chi connectivity index (χ0n) is 8.28. The van der Waals surface area contributed by atoms with Crippen molar-refractivity contribution in [1.29, 1.82) is 0 Å². The van der Waals surface area contributed by atoms with E-state index < -0.39 is 24.9 Å². The molecule has 0 saturated heterocycles. The molecule has 0 aliphatic carbocycles. The first kappa shape index (κ1) is 13.4. The zero-order valence-corrected chi connectivity index (χ0v) is 8.28. The maximum atomic E-state index is 12.3. The number of hydrogen-bond donors (Lipinski definition) is 0. The Labute approximate surface area is 93.1 Å². The molecule has 0 aliphatic heterocycles. The van der Waals surface area contributed by atoms with Crippen molar-refractivity contribution in [2.45, 2.75) is 12.3 Å². The maximum Gasteiger partial charge on any atom is 0.391 e. The molecule has 4 nitrogen and oxygen atoms in total. The van der Waals surface area contributed by atoms with Crippen LogP contribution in [0.15, 0.2) is 24.4 Å². The third-order valence-electron chi connectivity index (χ3n) is 1.58. The van der Waals surface area contributed by atoms with Crippen molar-refractivity contribution >= 4 is 5.97 Å². The van der Waals surface area contributed by atoms with E-state index in [9.17, 15) is 22.4 Å². The highest BCUT2D eigenvalue weighted by atomic mass is 19.3. The molecule has 94 valence electrons. The van der Waals surface area contributed by atoms with Crippen molar-refractivity contribution in [3.63, 3.8) is 0 Å². The van der Waals surface area contributed by atoms with Crippen molar-refractivity contribution in [1.82, 2.24) is 4.98 Å². The summed E-state index contributed by atoms with van der Waals surface area (Å²) in [5.41, 5.74) is -0.187. The van der Waals surface area contributed by atoms with Crippen molar-refractivity contribution in [3.05, 3.63) is 30.1 Å². The largest absolute Gasteiger partial charge is 0.391 e. The van der Waals surface area contributed by atoms with Crippen LogP contribution in [0.5, 0.6) is 0 Å². The van der Waals surface area contributed by atoms with Crippen LogP contribution in [0, 0.1) is 0 Å². The maximum absolute atomic E-state index is 12.3. The Balaban J connectivity index is 2.40. The molecule has 0 N–H and O–H groups in total. The molecular weight excluding hydrogens is 246 g/mol. The number of pyridine rings is 1. The minimum absolute atomic E-state index is 0.187. The lowest BCUT2D eigenvalue weighted by Crippen LogP contribution is -2.32. The second kappa shape index (κ2) is 5.58. The van der Waals surface area contributed by atoms with Gasteiger partial charge in [-0.05, 0) is 12.1 Å². The van der Waals surface area contributed by atoms with Crippen LogP contribution >= 0.6 is 0 Å². The van der Waals surface area contributed by atoms with Gasteiger partial charge in [0.25, 0.3) is 0 Å². The van der Waals surface area contributed by atoms with Gasteiger partial charge >= 0.3 is 18.3 Å². The number of aromatic nitrogens is 1. The topological polar surface area (TPSA) is 48.4 Å². The Kier molecular flexibility index (Phi) is 4.38. The van der Waals surface area contributed by atoms with Gasteiger partial charge in [0.05, 0.1) is 0 Å². The molecule has 8 heteroatoms. The van der Waals surface area contributed by atoms with E-state index in [1.54, 1.807) is 0 Å². The van der Waals surface area contributed by atoms with Crippen LogP contribution < -0.4 is 0 Å². The van der Waals surface area contributed by atoms with Gasteiger partial charge in [0.1, 0.15) is 0 Å². The third-order valence-corrected chi connectivity index (χ3v) is 1.58. The lowest BCUT2D eigenvalue weighted by atomic mass is 10.4. The van der Waals surface area contributed by atoms with Crippen LogP contribution in [0.1, 0.15) is 10.5 Å². The Morgan fingerprint density at radius 1 is 1.41 bits per heavy atom. The number of alkyl halides is 4. The molecule has 17 heavy (non-hydrogen) atoms. The Hall–Kier alpha value is -1.70. The molecule has 0 spiro atoms. The number of rotatable bonds is 5. The summed E-state index contributed by atoms with van der Waals surface area (Å²) >= 11 is 0. The molecule has 1 aromatic heterocycles. The van der Waals surface area contributed by atoms with E-state index >= 15 is 0 Å². The van der Waals surface area contributed by atoms with Gasteiger partial charge in [-0.3, -0.25) is 4.89 Å². The number of hydrogen-bond acceptors (Lipinski definition) is 4. The standard InChI is InChI=1S/C9H7F4NO3/c10-8(11)9(12,13)5-16-17-7(15)6-3-1-2-4-14-6/h1-4,8H,5H2. The smallest absolute Gasteiger partial charge is 0.291 e. The summed E-state index contributed by atoms with van der Waals surface area (Å²) in [6, 6.07) is 4.22. The summed E-state index contributed by atoms with van der Waals surface area (Å²) in [5.74, 6) is -5.51. The van der Waals surface area contributed by atoms with Crippen LogP contribution in [-0.4, -0.2) is 29.9 Å². The van der Waals surface area contributed by atoms with E-state index in [2.05, 4.69) is 14.8 Å². The minimum atomic E-state index is -4.37. The lowest BCUT2D eigenvalue weighted by molar-refractivity contribution is -0.293.